The Bertz CT molecular complexity index is 1490. The molecule has 0 bridgehead atoms. The van der Waals surface area contributed by atoms with Crippen molar-refractivity contribution >= 4 is 50.9 Å². The maximum Gasteiger partial charge on any atom is 0.264 e. The van der Waals surface area contributed by atoms with Crippen LogP contribution in [0.2, 0.25) is 5.02 Å². The smallest absolute Gasteiger partial charge is 0.264 e. The largest absolute Gasteiger partial charge is 0.494 e. The van der Waals surface area contributed by atoms with Crippen LogP contribution in [0.15, 0.2) is 82.6 Å². The third kappa shape index (κ3) is 8.49. The van der Waals surface area contributed by atoms with E-state index in [1.807, 2.05) is 20.1 Å². The van der Waals surface area contributed by atoms with E-state index >= 15 is 0 Å². The molecule has 0 heterocycles. The number of carbonyl (C=O) groups is 2. The molecular formula is C33H40ClN3O5S2. The van der Waals surface area contributed by atoms with Crippen LogP contribution >= 0.6 is 23.4 Å². The monoisotopic (exact) mass is 657 g/mol. The minimum atomic E-state index is -4.16. The van der Waals surface area contributed by atoms with Gasteiger partial charge >= 0.3 is 0 Å². The number of carbonyl (C=O) groups excluding carboxylic acids is 2. The van der Waals surface area contributed by atoms with Crippen molar-refractivity contribution in [3.05, 3.63) is 83.4 Å². The van der Waals surface area contributed by atoms with Crippen LogP contribution in [0, 0.1) is 0 Å². The predicted octanol–water partition coefficient (Wildman–Crippen LogP) is 6.52. The average molecular weight is 658 g/mol. The summed E-state index contributed by atoms with van der Waals surface area (Å²) in [6, 6.07) is 19.5. The SMILES string of the molecule is CCOc1ccc(N(CC(=O)N(Cc2ccc(Cl)cc2)C(CC)C(=O)NC2CCCC2)S(=O)(=O)c2ccc(SC)cc2)cc1. The van der Waals surface area contributed by atoms with Gasteiger partial charge < -0.3 is 15.0 Å². The average Bonchev–Trinajstić information content (AvgIpc) is 3.54. The Morgan fingerprint density at radius 2 is 1.61 bits per heavy atom. The quantitative estimate of drug-likeness (QED) is 0.198. The number of hydrogen-bond acceptors (Lipinski definition) is 6. The normalized spacial score (nSPS) is 14.2. The zero-order valence-corrected chi connectivity index (χ0v) is 27.8. The van der Waals surface area contributed by atoms with Crippen molar-refractivity contribution in [2.75, 3.05) is 23.7 Å². The van der Waals surface area contributed by atoms with Crippen molar-refractivity contribution in [1.29, 1.82) is 0 Å². The molecule has 3 aromatic carbocycles. The van der Waals surface area contributed by atoms with Crippen LogP contribution in [-0.4, -0.2) is 56.6 Å². The molecule has 1 atom stereocenters. The summed E-state index contributed by atoms with van der Waals surface area (Å²) in [6.07, 6.45) is 6.21. The van der Waals surface area contributed by atoms with Gasteiger partial charge in [0.15, 0.2) is 0 Å². The molecule has 4 rings (SSSR count). The molecule has 2 amide bonds. The molecule has 0 spiro atoms. The number of halogens is 1. The van der Waals surface area contributed by atoms with Crippen LogP contribution in [0.5, 0.6) is 5.75 Å². The van der Waals surface area contributed by atoms with E-state index in [1.54, 1.807) is 72.8 Å². The lowest BCUT2D eigenvalue weighted by Crippen LogP contribution is -2.53. The van der Waals surface area contributed by atoms with Gasteiger partial charge in [-0.25, -0.2) is 8.42 Å². The van der Waals surface area contributed by atoms with Crippen LogP contribution < -0.4 is 14.4 Å². The van der Waals surface area contributed by atoms with Crippen molar-refractivity contribution < 1.29 is 22.7 Å². The Morgan fingerprint density at radius 1 is 0.977 bits per heavy atom. The number of hydrogen-bond donors (Lipinski definition) is 1. The fraction of sp³-hybridized carbons (Fsp3) is 0.394. The number of thioether (sulfide) groups is 1. The van der Waals surface area contributed by atoms with Gasteiger partial charge in [-0.3, -0.25) is 13.9 Å². The second kappa shape index (κ2) is 15.7. The lowest BCUT2D eigenvalue weighted by Gasteiger charge is -2.33. The van der Waals surface area contributed by atoms with E-state index in [2.05, 4.69) is 5.32 Å². The lowest BCUT2D eigenvalue weighted by molar-refractivity contribution is -0.140. The number of rotatable bonds is 14. The first-order valence-corrected chi connectivity index (χ1v) is 17.9. The summed E-state index contributed by atoms with van der Waals surface area (Å²) in [5.41, 5.74) is 1.09. The molecule has 1 saturated carbocycles. The van der Waals surface area contributed by atoms with Gasteiger partial charge in [-0.2, -0.15) is 0 Å². The van der Waals surface area contributed by atoms with Crippen molar-refractivity contribution in [2.45, 2.75) is 74.4 Å². The van der Waals surface area contributed by atoms with Crippen LogP contribution in [0.25, 0.3) is 0 Å². The first-order valence-electron chi connectivity index (χ1n) is 14.9. The van der Waals surface area contributed by atoms with E-state index in [4.69, 9.17) is 16.3 Å². The molecule has 1 aliphatic rings. The first kappa shape index (κ1) is 33.7. The van der Waals surface area contributed by atoms with Gasteiger partial charge in [0.2, 0.25) is 11.8 Å². The Kier molecular flexibility index (Phi) is 12.0. The number of anilines is 1. The highest BCUT2D eigenvalue weighted by atomic mass is 35.5. The fourth-order valence-corrected chi connectivity index (χ4v) is 7.30. The zero-order chi connectivity index (χ0) is 31.7. The molecule has 1 unspecified atom stereocenters. The Labute approximate surface area is 270 Å². The Morgan fingerprint density at radius 3 is 2.18 bits per heavy atom. The molecule has 1 aliphatic carbocycles. The topological polar surface area (TPSA) is 96.0 Å². The molecule has 1 N–H and O–H groups in total. The molecule has 44 heavy (non-hydrogen) atoms. The zero-order valence-electron chi connectivity index (χ0n) is 25.4. The molecule has 236 valence electrons. The third-order valence-electron chi connectivity index (χ3n) is 7.72. The lowest BCUT2D eigenvalue weighted by atomic mass is 10.1. The van der Waals surface area contributed by atoms with Gasteiger partial charge in [-0.15, -0.1) is 11.8 Å². The molecule has 1 fully saturated rings. The Balaban J connectivity index is 1.71. The molecular weight excluding hydrogens is 618 g/mol. The van der Waals surface area contributed by atoms with Crippen molar-refractivity contribution in [1.82, 2.24) is 10.2 Å². The number of ether oxygens (including phenoxy) is 1. The molecule has 0 radical (unpaired) electrons. The third-order valence-corrected chi connectivity index (χ3v) is 10.5. The van der Waals surface area contributed by atoms with Crippen molar-refractivity contribution in [2.24, 2.45) is 0 Å². The van der Waals surface area contributed by atoms with E-state index < -0.39 is 28.5 Å². The first-order chi connectivity index (χ1) is 21.2. The molecule has 8 nitrogen and oxygen atoms in total. The Hall–Kier alpha value is -3.21. The summed E-state index contributed by atoms with van der Waals surface area (Å²) < 4.78 is 34.9. The van der Waals surface area contributed by atoms with Gasteiger partial charge in [0, 0.05) is 22.5 Å². The van der Waals surface area contributed by atoms with E-state index in [0.717, 1.165) is 40.4 Å². The maximum atomic E-state index is 14.3. The van der Waals surface area contributed by atoms with Gasteiger partial charge in [0.05, 0.1) is 17.2 Å². The van der Waals surface area contributed by atoms with E-state index in [9.17, 15) is 18.0 Å². The van der Waals surface area contributed by atoms with E-state index in [1.165, 1.54) is 16.7 Å². The molecule has 11 heteroatoms. The van der Waals surface area contributed by atoms with Gasteiger partial charge in [-0.05, 0) is 98.7 Å². The number of nitrogens with one attached hydrogen (secondary N) is 1. The number of nitrogens with zero attached hydrogens (tertiary/aromatic N) is 2. The fourth-order valence-electron chi connectivity index (χ4n) is 5.35. The van der Waals surface area contributed by atoms with Gasteiger partial charge in [-0.1, -0.05) is 43.5 Å². The van der Waals surface area contributed by atoms with E-state index in [-0.39, 0.29) is 23.4 Å². The predicted molar refractivity (Wildman–Crippen MR) is 177 cm³/mol. The summed E-state index contributed by atoms with van der Waals surface area (Å²) in [5.74, 6) is -0.139. The van der Waals surface area contributed by atoms with Crippen LogP contribution in [-0.2, 0) is 26.2 Å². The number of sulfonamides is 1. The second-order valence-corrected chi connectivity index (χ2v) is 13.9. The summed E-state index contributed by atoms with van der Waals surface area (Å²) in [5, 5.41) is 3.68. The summed E-state index contributed by atoms with van der Waals surface area (Å²) in [6.45, 7) is 3.80. The molecule has 3 aromatic rings. The van der Waals surface area contributed by atoms with Crippen molar-refractivity contribution in [3.63, 3.8) is 0 Å². The number of benzene rings is 3. The highest BCUT2D eigenvalue weighted by molar-refractivity contribution is 7.98. The van der Waals surface area contributed by atoms with Crippen LogP contribution in [0.3, 0.4) is 0 Å². The molecule has 0 aliphatic heterocycles. The minimum Gasteiger partial charge on any atom is -0.494 e. The van der Waals surface area contributed by atoms with Crippen molar-refractivity contribution in [3.8, 4) is 5.75 Å². The standard InChI is InChI=1S/C33H40ClN3O5S2/c1-4-31(33(39)35-26-8-6-7-9-26)36(22-24-10-12-25(34)13-11-24)32(38)23-37(27-14-16-28(17-15-27)42-5-2)44(40,41)30-20-18-29(43-3)19-21-30/h10-21,26,31H,4-9,22-23H2,1-3H3,(H,35,39). The number of amides is 2. The summed E-state index contributed by atoms with van der Waals surface area (Å²) in [7, 11) is -4.16. The van der Waals surface area contributed by atoms with E-state index in [0.29, 0.717) is 29.5 Å². The van der Waals surface area contributed by atoms with Crippen LogP contribution in [0.4, 0.5) is 5.69 Å². The van der Waals surface area contributed by atoms with Crippen LogP contribution in [0.1, 0.15) is 51.5 Å². The summed E-state index contributed by atoms with van der Waals surface area (Å²) >= 11 is 7.62. The van der Waals surface area contributed by atoms with Gasteiger partial charge in [0.25, 0.3) is 10.0 Å². The van der Waals surface area contributed by atoms with Gasteiger partial charge in [0.1, 0.15) is 18.3 Å². The second-order valence-electron chi connectivity index (χ2n) is 10.7. The highest BCUT2D eigenvalue weighted by Gasteiger charge is 2.34. The molecule has 0 aromatic heterocycles. The minimum absolute atomic E-state index is 0.0623. The highest BCUT2D eigenvalue weighted by Crippen LogP contribution is 2.28. The maximum absolute atomic E-state index is 14.3. The molecule has 0 saturated heterocycles. The summed E-state index contributed by atoms with van der Waals surface area (Å²) in [4.78, 5) is 30.3.